The Labute approximate surface area is 159 Å². The van der Waals surface area contributed by atoms with Crippen LogP contribution in [0, 0.1) is 6.92 Å². The van der Waals surface area contributed by atoms with Gasteiger partial charge in [-0.25, -0.2) is 4.98 Å². The number of nitrogens with one attached hydrogen (secondary N) is 2. The van der Waals surface area contributed by atoms with Gasteiger partial charge in [-0.05, 0) is 12.5 Å². The number of hydrogen-bond acceptors (Lipinski definition) is 4. The summed E-state index contributed by atoms with van der Waals surface area (Å²) in [4.78, 5) is 31.0. The zero-order valence-corrected chi connectivity index (χ0v) is 15.9. The molecule has 2 N–H and O–H groups in total. The first-order valence-corrected chi connectivity index (χ1v) is 9.33. The van der Waals surface area contributed by atoms with Crippen molar-refractivity contribution in [2.75, 3.05) is 19.6 Å². The second-order valence-electron chi connectivity index (χ2n) is 7.02. The molecule has 0 unspecified atom stereocenters. The number of carbonyl (C=O) groups excluding carboxylic acids is 2. The molecule has 1 saturated heterocycles. The van der Waals surface area contributed by atoms with Gasteiger partial charge in [0.05, 0.1) is 12.5 Å². The summed E-state index contributed by atoms with van der Waals surface area (Å²) in [5.41, 5.74) is 2.36. The number of rotatable bonds is 7. The molecule has 0 bridgehead atoms. The maximum absolute atomic E-state index is 12.4. The van der Waals surface area contributed by atoms with Crippen LogP contribution in [0.15, 0.2) is 36.7 Å². The molecule has 0 spiro atoms. The highest BCUT2D eigenvalue weighted by atomic mass is 16.2. The minimum Gasteiger partial charge on any atom is -0.356 e. The van der Waals surface area contributed by atoms with Crippen molar-refractivity contribution in [1.29, 1.82) is 0 Å². The lowest BCUT2D eigenvalue weighted by Gasteiger charge is -2.34. The number of piperazine rings is 1. The van der Waals surface area contributed by atoms with Crippen molar-refractivity contribution in [1.82, 2.24) is 25.1 Å². The Balaban J connectivity index is 1.54. The van der Waals surface area contributed by atoms with Crippen LogP contribution in [0.2, 0.25) is 0 Å². The number of carbonyl (C=O) groups is 2. The Bertz CT molecular complexity index is 784. The highest BCUT2D eigenvalue weighted by Gasteiger charge is 2.31. The summed E-state index contributed by atoms with van der Waals surface area (Å²) < 4.78 is 1.93. The van der Waals surface area contributed by atoms with Gasteiger partial charge in [0, 0.05) is 52.0 Å². The van der Waals surface area contributed by atoms with Gasteiger partial charge in [0.2, 0.25) is 11.8 Å². The lowest BCUT2D eigenvalue weighted by atomic mass is 10.1. The van der Waals surface area contributed by atoms with E-state index in [1.54, 1.807) is 6.20 Å². The van der Waals surface area contributed by atoms with Gasteiger partial charge in [0.15, 0.2) is 0 Å². The Morgan fingerprint density at radius 1 is 1.33 bits per heavy atom. The first-order chi connectivity index (χ1) is 13.0. The zero-order chi connectivity index (χ0) is 19.2. The number of imidazole rings is 1. The van der Waals surface area contributed by atoms with E-state index in [1.807, 2.05) is 17.8 Å². The van der Waals surface area contributed by atoms with E-state index < -0.39 is 6.04 Å². The van der Waals surface area contributed by atoms with E-state index >= 15 is 0 Å². The molecule has 2 aromatic rings. The van der Waals surface area contributed by atoms with E-state index in [0.29, 0.717) is 26.1 Å². The van der Waals surface area contributed by atoms with Crippen LogP contribution in [0.4, 0.5) is 0 Å². The number of aromatic nitrogens is 2. The molecular weight excluding hydrogens is 342 g/mol. The SMILES string of the molecule is Cc1ccc(CN2CCNC(=O)[C@H]2CC(=O)NCCc2nccn2C)cc1. The van der Waals surface area contributed by atoms with Crippen molar-refractivity contribution in [2.45, 2.75) is 32.4 Å². The molecule has 0 radical (unpaired) electrons. The molecule has 0 aliphatic carbocycles. The average molecular weight is 369 g/mol. The van der Waals surface area contributed by atoms with E-state index in [9.17, 15) is 9.59 Å². The first kappa shape index (κ1) is 19.1. The van der Waals surface area contributed by atoms with Gasteiger partial charge >= 0.3 is 0 Å². The highest BCUT2D eigenvalue weighted by molar-refractivity contribution is 5.88. The van der Waals surface area contributed by atoms with Crippen molar-refractivity contribution in [3.8, 4) is 0 Å². The third kappa shape index (κ3) is 5.17. The van der Waals surface area contributed by atoms with Gasteiger partial charge in [-0.2, -0.15) is 0 Å². The van der Waals surface area contributed by atoms with Gasteiger partial charge < -0.3 is 15.2 Å². The van der Waals surface area contributed by atoms with Gasteiger partial charge in [-0.15, -0.1) is 0 Å². The molecular formula is C20H27N5O2. The molecule has 27 heavy (non-hydrogen) atoms. The van der Waals surface area contributed by atoms with Gasteiger partial charge in [-0.3, -0.25) is 14.5 Å². The molecule has 1 aromatic heterocycles. The van der Waals surface area contributed by atoms with E-state index in [2.05, 4.69) is 51.7 Å². The standard InChI is InChI=1S/C20H27N5O2/c1-15-3-5-16(6-4-15)14-25-12-10-23-20(27)17(25)13-19(26)22-8-7-18-21-9-11-24(18)2/h3-6,9,11,17H,7-8,10,12-14H2,1-2H3,(H,22,26)(H,23,27)/t17-/m1/s1. The van der Waals surface area contributed by atoms with Gasteiger partial charge in [0.1, 0.15) is 5.82 Å². The number of amides is 2. The minimum atomic E-state index is -0.437. The Morgan fingerprint density at radius 3 is 2.81 bits per heavy atom. The fourth-order valence-corrected chi connectivity index (χ4v) is 3.30. The minimum absolute atomic E-state index is 0.0763. The van der Waals surface area contributed by atoms with Crippen LogP contribution in [0.3, 0.4) is 0 Å². The summed E-state index contributed by atoms with van der Waals surface area (Å²) >= 11 is 0. The van der Waals surface area contributed by atoms with Crippen LogP contribution < -0.4 is 10.6 Å². The molecule has 0 saturated carbocycles. The van der Waals surface area contributed by atoms with Crippen LogP contribution >= 0.6 is 0 Å². The topological polar surface area (TPSA) is 79.3 Å². The lowest BCUT2D eigenvalue weighted by Crippen LogP contribution is -2.56. The average Bonchev–Trinajstić information content (AvgIpc) is 3.05. The molecule has 1 aliphatic heterocycles. The predicted octanol–water partition coefficient (Wildman–Crippen LogP) is 0.778. The first-order valence-electron chi connectivity index (χ1n) is 9.33. The van der Waals surface area contributed by atoms with Crippen molar-refractivity contribution < 1.29 is 9.59 Å². The largest absolute Gasteiger partial charge is 0.356 e. The van der Waals surface area contributed by atoms with Gasteiger partial charge in [-0.1, -0.05) is 29.8 Å². The number of nitrogens with zero attached hydrogens (tertiary/aromatic N) is 3. The number of hydrogen-bond donors (Lipinski definition) is 2. The molecule has 1 aliphatic rings. The highest BCUT2D eigenvalue weighted by Crippen LogP contribution is 2.14. The van der Waals surface area contributed by atoms with E-state index in [0.717, 1.165) is 17.9 Å². The molecule has 1 atom stereocenters. The number of benzene rings is 1. The van der Waals surface area contributed by atoms with Crippen LogP contribution in [-0.2, 0) is 29.6 Å². The quantitative estimate of drug-likeness (QED) is 0.756. The van der Waals surface area contributed by atoms with Crippen LogP contribution in [-0.4, -0.2) is 51.9 Å². The summed E-state index contributed by atoms with van der Waals surface area (Å²) in [6.45, 7) is 4.58. The fourth-order valence-electron chi connectivity index (χ4n) is 3.30. The van der Waals surface area contributed by atoms with Crippen molar-refractivity contribution in [3.05, 3.63) is 53.6 Å². The molecule has 2 amide bonds. The Morgan fingerprint density at radius 2 is 2.11 bits per heavy atom. The Hall–Kier alpha value is -2.67. The van der Waals surface area contributed by atoms with E-state index in [4.69, 9.17) is 0 Å². The molecule has 1 aromatic carbocycles. The molecule has 7 nitrogen and oxygen atoms in total. The summed E-state index contributed by atoms with van der Waals surface area (Å²) in [6.07, 6.45) is 4.45. The fraction of sp³-hybridized carbons (Fsp3) is 0.450. The monoisotopic (exact) mass is 369 g/mol. The van der Waals surface area contributed by atoms with E-state index in [-0.39, 0.29) is 18.2 Å². The van der Waals surface area contributed by atoms with Crippen molar-refractivity contribution in [2.24, 2.45) is 7.05 Å². The smallest absolute Gasteiger partial charge is 0.237 e. The normalized spacial score (nSPS) is 17.6. The summed E-state index contributed by atoms with van der Waals surface area (Å²) in [5, 5.41) is 5.78. The maximum atomic E-state index is 12.4. The molecule has 2 heterocycles. The van der Waals surface area contributed by atoms with E-state index in [1.165, 1.54) is 5.56 Å². The predicted molar refractivity (Wildman–Crippen MR) is 103 cm³/mol. The second-order valence-corrected chi connectivity index (χ2v) is 7.02. The Kier molecular flexibility index (Phi) is 6.24. The molecule has 1 fully saturated rings. The summed E-state index contributed by atoms with van der Waals surface area (Å²) in [7, 11) is 1.93. The molecule has 7 heteroatoms. The zero-order valence-electron chi connectivity index (χ0n) is 15.9. The molecule has 3 rings (SSSR count). The van der Waals surface area contributed by atoms with Crippen LogP contribution in [0.1, 0.15) is 23.4 Å². The van der Waals surface area contributed by atoms with Crippen LogP contribution in [0.25, 0.3) is 0 Å². The third-order valence-electron chi connectivity index (χ3n) is 4.92. The molecule has 144 valence electrons. The van der Waals surface area contributed by atoms with Crippen molar-refractivity contribution in [3.63, 3.8) is 0 Å². The third-order valence-corrected chi connectivity index (χ3v) is 4.92. The van der Waals surface area contributed by atoms with Gasteiger partial charge in [0.25, 0.3) is 0 Å². The maximum Gasteiger partial charge on any atom is 0.237 e. The number of aryl methyl sites for hydroxylation is 2. The summed E-state index contributed by atoms with van der Waals surface area (Å²) in [6, 6.07) is 7.85. The van der Waals surface area contributed by atoms with Crippen molar-refractivity contribution >= 4 is 11.8 Å². The second kappa shape index (κ2) is 8.81. The lowest BCUT2D eigenvalue weighted by molar-refractivity contribution is -0.134. The summed E-state index contributed by atoms with van der Waals surface area (Å²) in [5.74, 6) is 0.736. The van der Waals surface area contributed by atoms with Crippen LogP contribution in [0.5, 0.6) is 0 Å².